The lowest BCUT2D eigenvalue weighted by atomic mass is 10.1. The van der Waals surface area contributed by atoms with Crippen LogP contribution in [0.1, 0.15) is 5.56 Å². The van der Waals surface area contributed by atoms with Gasteiger partial charge in [-0.05, 0) is 24.3 Å². The van der Waals surface area contributed by atoms with E-state index >= 15 is 0 Å². The van der Waals surface area contributed by atoms with E-state index in [1.54, 1.807) is 30.5 Å². The lowest BCUT2D eigenvalue weighted by Crippen LogP contribution is -1.90. The van der Waals surface area contributed by atoms with E-state index in [0.29, 0.717) is 31.9 Å². The molecule has 17 heavy (non-hydrogen) atoms. The molecule has 0 saturated heterocycles. The molecule has 0 aliphatic carbocycles. The Hall–Kier alpha value is -1.27. The maximum atomic E-state index is 9.01. The van der Waals surface area contributed by atoms with Gasteiger partial charge in [0.2, 0.25) is 0 Å². The van der Waals surface area contributed by atoms with Crippen molar-refractivity contribution < 1.29 is 0 Å². The van der Waals surface area contributed by atoms with Crippen molar-refractivity contribution in [2.75, 3.05) is 0 Å². The molecular formula is C12H5Cl3N2. The molecule has 0 spiro atoms. The van der Waals surface area contributed by atoms with Crippen LogP contribution in [-0.4, -0.2) is 4.98 Å². The van der Waals surface area contributed by atoms with Crippen LogP contribution < -0.4 is 0 Å². The molecule has 0 amide bonds. The Kier molecular flexibility index (Phi) is 3.54. The van der Waals surface area contributed by atoms with Gasteiger partial charge in [0, 0.05) is 16.8 Å². The Labute approximate surface area is 113 Å². The maximum absolute atomic E-state index is 9.01. The van der Waals surface area contributed by atoms with E-state index in [2.05, 4.69) is 11.1 Å². The fraction of sp³-hybridized carbons (Fsp3) is 0. The van der Waals surface area contributed by atoms with Crippen LogP contribution in [0.25, 0.3) is 11.3 Å². The van der Waals surface area contributed by atoms with Crippen LogP contribution in [0.4, 0.5) is 0 Å². The second-order valence-electron chi connectivity index (χ2n) is 3.26. The van der Waals surface area contributed by atoms with Gasteiger partial charge in [0.05, 0.1) is 21.3 Å². The number of pyridine rings is 1. The van der Waals surface area contributed by atoms with Gasteiger partial charge in [-0.1, -0.05) is 34.8 Å². The molecular weight excluding hydrogens is 279 g/mol. The summed E-state index contributed by atoms with van der Waals surface area (Å²) in [5.41, 5.74) is 1.46. The Morgan fingerprint density at radius 3 is 2.65 bits per heavy atom. The van der Waals surface area contributed by atoms with E-state index in [1.165, 1.54) is 0 Å². The average Bonchev–Trinajstić information content (AvgIpc) is 2.33. The van der Waals surface area contributed by atoms with Gasteiger partial charge in [-0.25, -0.2) is 0 Å². The van der Waals surface area contributed by atoms with Gasteiger partial charge >= 0.3 is 0 Å². The minimum Gasteiger partial charge on any atom is -0.255 e. The van der Waals surface area contributed by atoms with Crippen molar-refractivity contribution in [1.29, 1.82) is 5.26 Å². The van der Waals surface area contributed by atoms with Gasteiger partial charge < -0.3 is 0 Å². The molecule has 0 unspecified atom stereocenters. The van der Waals surface area contributed by atoms with Crippen molar-refractivity contribution in [3.05, 3.63) is 51.1 Å². The van der Waals surface area contributed by atoms with Crippen molar-refractivity contribution in [2.24, 2.45) is 0 Å². The molecule has 0 N–H and O–H groups in total. The van der Waals surface area contributed by atoms with Gasteiger partial charge in [0.1, 0.15) is 6.07 Å². The van der Waals surface area contributed by atoms with Crippen LogP contribution >= 0.6 is 34.8 Å². The van der Waals surface area contributed by atoms with Gasteiger partial charge in [-0.2, -0.15) is 5.26 Å². The summed E-state index contributed by atoms with van der Waals surface area (Å²) < 4.78 is 0. The number of hydrogen-bond acceptors (Lipinski definition) is 2. The van der Waals surface area contributed by atoms with Crippen molar-refractivity contribution >= 4 is 34.8 Å². The van der Waals surface area contributed by atoms with Crippen LogP contribution in [0.3, 0.4) is 0 Å². The maximum Gasteiger partial charge on any atom is 0.101 e. The first kappa shape index (κ1) is 12.2. The van der Waals surface area contributed by atoms with Gasteiger partial charge in [0.15, 0.2) is 0 Å². The van der Waals surface area contributed by atoms with E-state index in [0.717, 1.165) is 0 Å². The molecule has 0 radical (unpaired) electrons. The van der Waals surface area contributed by atoms with Crippen LogP contribution in [0, 0.1) is 11.3 Å². The molecule has 0 aliphatic heterocycles. The van der Waals surface area contributed by atoms with E-state index in [1.807, 2.05) is 0 Å². The molecule has 1 aromatic carbocycles. The summed E-state index contributed by atoms with van der Waals surface area (Å²) in [4.78, 5) is 4.14. The van der Waals surface area contributed by atoms with Gasteiger partial charge in [0.25, 0.3) is 0 Å². The number of aromatic nitrogens is 1. The molecule has 0 bridgehead atoms. The summed E-state index contributed by atoms with van der Waals surface area (Å²) >= 11 is 17.9. The monoisotopic (exact) mass is 282 g/mol. The molecule has 0 saturated carbocycles. The number of nitriles is 1. The summed E-state index contributed by atoms with van der Waals surface area (Å²) in [5, 5.41) is 10.1. The Bertz CT molecular complexity index is 618. The Morgan fingerprint density at radius 2 is 1.94 bits per heavy atom. The molecule has 0 aliphatic rings. The summed E-state index contributed by atoms with van der Waals surface area (Å²) in [7, 11) is 0. The first-order valence-electron chi connectivity index (χ1n) is 4.63. The third-order valence-corrected chi connectivity index (χ3v) is 3.20. The largest absolute Gasteiger partial charge is 0.255 e. The zero-order chi connectivity index (χ0) is 12.4. The SMILES string of the molecule is N#Cc1cccnc1-c1cc(Cl)cc(Cl)c1Cl. The first-order chi connectivity index (χ1) is 8.13. The second-order valence-corrected chi connectivity index (χ2v) is 4.48. The Morgan fingerprint density at radius 1 is 1.18 bits per heavy atom. The standard InChI is InChI=1S/C12H5Cl3N2/c13-8-4-9(11(15)10(14)5-8)12-7(6-16)2-1-3-17-12/h1-5H. The molecule has 1 heterocycles. The van der Waals surface area contributed by atoms with Crippen molar-refractivity contribution in [3.8, 4) is 17.3 Å². The highest BCUT2D eigenvalue weighted by atomic mass is 35.5. The summed E-state index contributed by atoms with van der Waals surface area (Å²) in [6, 6.07) is 8.58. The first-order valence-corrected chi connectivity index (χ1v) is 5.77. The third-order valence-electron chi connectivity index (χ3n) is 2.18. The molecule has 2 nitrogen and oxygen atoms in total. The predicted molar refractivity (Wildman–Crippen MR) is 69.4 cm³/mol. The minimum atomic E-state index is 0.337. The molecule has 1 aromatic heterocycles. The van der Waals surface area contributed by atoms with E-state index < -0.39 is 0 Å². The van der Waals surface area contributed by atoms with E-state index in [4.69, 9.17) is 40.1 Å². The molecule has 0 fully saturated rings. The lowest BCUT2D eigenvalue weighted by Gasteiger charge is -2.07. The normalized spacial score (nSPS) is 10.0. The quantitative estimate of drug-likeness (QED) is 0.718. The van der Waals surface area contributed by atoms with E-state index in [9.17, 15) is 0 Å². The molecule has 2 aromatic rings. The predicted octanol–water partition coefficient (Wildman–Crippen LogP) is 4.58. The summed E-state index contributed by atoms with van der Waals surface area (Å²) in [6.07, 6.45) is 1.58. The molecule has 2 rings (SSSR count). The van der Waals surface area contributed by atoms with Crippen LogP contribution in [0.2, 0.25) is 15.1 Å². The summed E-state index contributed by atoms with van der Waals surface area (Å²) in [5.74, 6) is 0. The fourth-order valence-corrected chi connectivity index (χ4v) is 2.13. The van der Waals surface area contributed by atoms with Crippen LogP contribution in [-0.2, 0) is 0 Å². The highest BCUT2D eigenvalue weighted by molar-refractivity contribution is 6.45. The Balaban J connectivity index is 2.73. The zero-order valence-corrected chi connectivity index (χ0v) is 10.7. The second kappa shape index (κ2) is 4.93. The fourth-order valence-electron chi connectivity index (χ4n) is 1.44. The number of hydrogen-bond donors (Lipinski definition) is 0. The molecule has 5 heteroatoms. The van der Waals surface area contributed by atoms with Crippen LogP contribution in [0.15, 0.2) is 30.5 Å². The topological polar surface area (TPSA) is 36.7 Å². The number of benzene rings is 1. The van der Waals surface area contributed by atoms with Crippen molar-refractivity contribution in [1.82, 2.24) is 4.98 Å². The number of halogens is 3. The van der Waals surface area contributed by atoms with Gasteiger partial charge in [-0.3, -0.25) is 4.98 Å². The molecule has 0 atom stereocenters. The summed E-state index contributed by atoms with van der Waals surface area (Å²) in [6.45, 7) is 0. The smallest absolute Gasteiger partial charge is 0.101 e. The van der Waals surface area contributed by atoms with Gasteiger partial charge in [-0.15, -0.1) is 0 Å². The van der Waals surface area contributed by atoms with E-state index in [-0.39, 0.29) is 0 Å². The van der Waals surface area contributed by atoms with Crippen molar-refractivity contribution in [2.45, 2.75) is 0 Å². The number of nitrogens with zero attached hydrogens (tertiary/aromatic N) is 2. The van der Waals surface area contributed by atoms with Crippen LogP contribution in [0.5, 0.6) is 0 Å². The highest BCUT2D eigenvalue weighted by Crippen LogP contribution is 2.36. The highest BCUT2D eigenvalue weighted by Gasteiger charge is 2.13. The number of rotatable bonds is 1. The molecule has 84 valence electrons. The van der Waals surface area contributed by atoms with Crippen molar-refractivity contribution in [3.63, 3.8) is 0 Å². The average molecular weight is 284 g/mol. The lowest BCUT2D eigenvalue weighted by molar-refractivity contribution is 1.30. The third kappa shape index (κ3) is 2.37. The minimum absolute atomic E-state index is 0.337. The zero-order valence-electron chi connectivity index (χ0n) is 8.42.